The van der Waals surface area contributed by atoms with Crippen LogP contribution in [0.2, 0.25) is 0 Å². The number of amides is 2. The largest absolute Gasteiger partial charge is 0.356 e. The molecule has 0 spiro atoms. The predicted molar refractivity (Wildman–Crippen MR) is 115 cm³/mol. The molecule has 3 N–H and O–H groups in total. The zero-order valence-electron chi connectivity index (χ0n) is 18.1. The SMILES string of the molecule is CCCCC(CCCC)NC(=N)N(C=O)CCCNC(=O)C1CCCCCC1. The molecule has 1 aliphatic rings. The van der Waals surface area contributed by atoms with Gasteiger partial charge in [0.1, 0.15) is 0 Å². The van der Waals surface area contributed by atoms with E-state index in [9.17, 15) is 9.59 Å². The summed E-state index contributed by atoms with van der Waals surface area (Å²) in [5.74, 6) is 0.497. The fourth-order valence-electron chi connectivity index (χ4n) is 3.83. The third kappa shape index (κ3) is 10.1. The van der Waals surface area contributed by atoms with Gasteiger partial charge in [0.2, 0.25) is 12.3 Å². The number of carbonyl (C=O) groups is 2. The summed E-state index contributed by atoms with van der Waals surface area (Å²) >= 11 is 0. The van der Waals surface area contributed by atoms with Crippen LogP contribution in [0, 0.1) is 11.3 Å². The molecule has 0 aromatic rings. The minimum Gasteiger partial charge on any atom is -0.356 e. The van der Waals surface area contributed by atoms with Crippen molar-refractivity contribution in [2.45, 2.75) is 103 Å². The first-order valence-electron chi connectivity index (χ1n) is 11.5. The lowest BCUT2D eigenvalue weighted by Crippen LogP contribution is -2.45. The van der Waals surface area contributed by atoms with E-state index in [1.165, 1.54) is 17.7 Å². The van der Waals surface area contributed by atoms with Crippen LogP contribution < -0.4 is 10.6 Å². The molecule has 0 atom stereocenters. The number of rotatable bonds is 13. The van der Waals surface area contributed by atoms with Gasteiger partial charge in [0.05, 0.1) is 0 Å². The molecule has 6 nitrogen and oxygen atoms in total. The summed E-state index contributed by atoms with van der Waals surface area (Å²) in [5.41, 5.74) is 0. The summed E-state index contributed by atoms with van der Waals surface area (Å²) in [7, 11) is 0. The van der Waals surface area contributed by atoms with Crippen LogP contribution >= 0.6 is 0 Å². The summed E-state index contributed by atoms with van der Waals surface area (Å²) in [6.45, 7) is 5.35. The molecule has 1 saturated carbocycles. The van der Waals surface area contributed by atoms with Gasteiger partial charge in [0.25, 0.3) is 0 Å². The average molecular weight is 395 g/mol. The maximum atomic E-state index is 12.3. The van der Waals surface area contributed by atoms with Gasteiger partial charge in [-0.05, 0) is 32.1 Å². The molecular weight excluding hydrogens is 352 g/mol. The van der Waals surface area contributed by atoms with Crippen molar-refractivity contribution >= 4 is 18.3 Å². The van der Waals surface area contributed by atoms with Gasteiger partial charge in [0.15, 0.2) is 5.96 Å². The van der Waals surface area contributed by atoms with Gasteiger partial charge in [-0.25, -0.2) is 0 Å². The topological polar surface area (TPSA) is 85.3 Å². The van der Waals surface area contributed by atoms with E-state index in [2.05, 4.69) is 24.5 Å². The Hall–Kier alpha value is -1.59. The van der Waals surface area contributed by atoms with Gasteiger partial charge in [-0.3, -0.25) is 19.9 Å². The van der Waals surface area contributed by atoms with E-state index in [-0.39, 0.29) is 23.8 Å². The highest BCUT2D eigenvalue weighted by molar-refractivity contribution is 5.86. The number of nitrogens with zero attached hydrogens (tertiary/aromatic N) is 1. The maximum absolute atomic E-state index is 12.3. The third-order valence-corrected chi connectivity index (χ3v) is 5.67. The Kier molecular flexibility index (Phi) is 13.4. The van der Waals surface area contributed by atoms with Crippen LogP contribution in [-0.2, 0) is 9.59 Å². The maximum Gasteiger partial charge on any atom is 0.223 e. The summed E-state index contributed by atoms with van der Waals surface area (Å²) in [4.78, 5) is 25.1. The van der Waals surface area contributed by atoms with E-state index in [4.69, 9.17) is 5.41 Å². The van der Waals surface area contributed by atoms with Crippen molar-refractivity contribution in [1.82, 2.24) is 15.5 Å². The average Bonchev–Trinajstić information content (AvgIpc) is 2.99. The van der Waals surface area contributed by atoms with Gasteiger partial charge in [0, 0.05) is 25.0 Å². The molecule has 0 radical (unpaired) electrons. The van der Waals surface area contributed by atoms with Crippen molar-refractivity contribution < 1.29 is 9.59 Å². The van der Waals surface area contributed by atoms with Crippen LogP contribution in [0.15, 0.2) is 0 Å². The third-order valence-electron chi connectivity index (χ3n) is 5.67. The molecule has 0 bridgehead atoms. The Morgan fingerprint density at radius 3 is 2.21 bits per heavy atom. The number of hydrogen-bond acceptors (Lipinski definition) is 3. The van der Waals surface area contributed by atoms with Crippen molar-refractivity contribution in [3.05, 3.63) is 0 Å². The lowest BCUT2D eigenvalue weighted by molar-refractivity contribution is -0.125. The summed E-state index contributed by atoms with van der Waals surface area (Å²) < 4.78 is 0. The Morgan fingerprint density at radius 1 is 1.07 bits per heavy atom. The molecule has 162 valence electrons. The highest BCUT2D eigenvalue weighted by atomic mass is 16.2. The number of nitrogens with one attached hydrogen (secondary N) is 3. The minimum absolute atomic E-state index is 0.155. The van der Waals surface area contributed by atoms with Gasteiger partial charge >= 0.3 is 0 Å². The van der Waals surface area contributed by atoms with Crippen molar-refractivity contribution in [3.8, 4) is 0 Å². The molecule has 28 heavy (non-hydrogen) atoms. The Labute approximate surface area is 171 Å². The van der Waals surface area contributed by atoms with Crippen molar-refractivity contribution in [2.24, 2.45) is 5.92 Å². The van der Waals surface area contributed by atoms with Gasteiger partial charge in [-0.2, -0.15) is 0 Å². The van der Waals surface area contributed by atoms with E-state index < -0.39 is 0 Å². The highest BCUT2D eigenvalue weighted by Crippen LogP contribution is 2.22. The molecule has 0 aromatic heterocycles. The van der Waals surface area contributed by atoms with Crippen LogP contribution in [0.1, 0.15) is 97.3 Å². The molecule has 1 fully saturated rings. The van der Waals surface area contributed by atoms with Crippen molar-refractivity contribution in [3.63, 3.8) is 0 Å². The van der Waals surface area contributed by atoms with Gasteiger partial charge in [-0.1, -0.05) is 65.2 Å². The first-order valence-corrected chi connectivity index (χ1v) is 11.5. The van der Waals surface area contributed by atoms with Crippen LogP contribution in [0.25, 0.3) is 0 Å². The smallest absolute Gasteiger partial charge is 0.223 e. The van der Waals surface area contributed by atoms with E-state index >= 15 is 0 Å². The highest BCUT2D eigenvalue weighted by Gasteiger charge is 2.19. The molecule has 0 heterocycles. The normalized spacial score (nSPS) is 15.1. The zero-order valence-corrected chi connectivity index (χ0v) is 18.1. The van der Waals surface area contributed by atoms with Crippen LogP contribution in [0.4, 0.5) is 0 Å². The fourth-order valence-corrected chi connectivity index (χ4v) is 3.83. The first kappa shape index (κ1) is 24.4. The Balaban J connectivity index is 2.33. The zero-order chi connectivity index (χ0) is 20.6. The Morgan fingerprint density at radius 2 is 1.68 bits per heavy atom. The predicted octanol–water partition coefficient (Wildman–Crippen LogP) is 4.19. The minimum atomic E-state index is 0.155. The second kappa shape index (κ2) is 15.3. The van der Waals surface area contributed by atoms with Crippen molar-refractivity contribution in [1.29, 1.82) is 5.41 Å². The standard InChI is InChI=1S/C22H42N4O2/c1-3-5-14-20(15-6-4-2)25-22(23)26(18-27)17-11-16-24-21(28)19-12-9-7-8-10-13-19/h18-20H,3-17H2,1-2H3,(H2,23,25)(H,24,28). The monoisotopic (exact) mass is 394 g/mol. The Bertz CT molecular complexity index is 440. The lowest BCUT2D eigenvalue weighted by atomic mass is 9.99. The van der Waals surface area contributed by atoms with E-state index in [1.54, 1.807) is 0 Å². The molecule has 1 aliphatic carbocycles. The molecule has 1 rings (SSSR count). The lowest BCUT2D eigenvalue weighted by Gasteiger charge is -2.25. The van der Waals surface area contributed by atoms with Gasteiger partial charge in [-0.15, -0.1) is 0 Å². The van der Waals surface area contributed by atoms with Crippen LogP contribution in [0.5, 0.6) is 0 Å². The second-order valence-corrected chi connectivity index (χ2v) is 8.11. The quantitative estimate of drug-likeness (QED) is 0.144. The van der Waals surface area contributed by atoms with Crippen LogP contribution in [0.3, 0.4) is 0 Å². The summed E-state index contributed by atoms with van der Waals surface area (Å²) in [6, 6.07) is 0.254. The molecule has 0 aromatic carbocycles. The number of carbonyl (C=O) groups excluding carboxylic acids is 2. The molecule has 0 unspecified atom stereocenters. The molecule has 2 amide bonds. The summed E-state index contributed by atoms with van der Waals surface area (Å²) in [6.07, 6.45) is 14.7. The molecule has 0 aliphatic heterocycles. The number of guanidine groups is 1. The number of unbranched alkanes of at least 4 members (excludes halogenated alkanes) is 2. The molecule has 0 saturated heterocycles. The van der Waals surface area contributed by atoms with Crippen molar-refractivity contribution in [2.75, 3.05) is 13.1 Å². The van der Waals surface area contributed by atoms with E-state index in [0.717, 1.165) is 70.6 Å². The number of hydrogen-bond donors (Lipinski definition) is 3. The summed E-state index contributed by atoms with van der Waals surface area (Å²) in [5, 5.41) is 14.5. The van der Waals surface area contributed by atoms with E-state index in [0.29, 0.717) is 19.5 Å². The second-order valence-electron chi connectivity index (χ2n) is 8.11. The fraction of sp³-hybridized carbons (Fsp3) is 0.864. The van der Waals surface area contributed by atoms with Gasteiger partial charge < -0.3 is 10.6 Å². The van der Waals surface area contributed by atoms with Crippen LogP contribution in [-0.4, -0.2) is 42.3 Å². The molecule has 6 heteroatoms. The molecular formula is C22H42N4O2. The first-order chi connectivity index (χ1) is 13.6. The van der Waals surface area contributed by atoms with E-state index in [1.807, 2.05) is 0 Å².